The minimum Gasteiger partial charge on any atom is -0.328 e. The predicted molar refractivity (Wildman–Crippen MR) is 58.6 cm³/mol. The molecule has 3 saturated heterocycles. The van der Waals surface area contributed by atoms with Gasteiger partial charge < -0.3 is 19.9 Å². The predicted octanol–water partition coefficient (Wildman–Crippen LogP) is 1.24. The molecule has 0 aromatic rings. The quantitative estimate of drug-likeness (QED) is 0.732. The second-order valence-corrected chi connectivity index (χ2v) is 5.89. The van der Waals surface area contributed by atoms with Gasteiger partial charge in [-0.25, -0.2) is 0 Å². The van der Waals surface area contributed by atoms with E-state index in [1.165, 1.54) is 0 Å². The van der Waals surface area contributed by atoms with Gasteiger partial charge >= 0.3 is 0 Å². The average molecular weight is 227 g/mol. The molecule has 16 heavy (non-hydrogen) atoms. The highest BCUT2D eigenvalue weighted by Crippen LogP contribution is 2.46. The molecule has 4 heteroatoms. The van der Waals surface area contributed by atoms with Gasteiger partial charge in [0.15, 0.2) is 0 Å². The fourth-order valence-corrected chi connectivity index (χ4v) is 2.90. The van der Waals surface area contributed by atoms with Crippen molar-refractivity contribution in [1.29, 1.82) is 0 Å². The van der Waals surface area contributed by atoms with E-state index in [1.54, 1.807) is 0 Å². The highest BCUT2D eigenvalue weighted by Gasteiger charge is 2.54. The highest BCUT2D eigenvalue weighted by atomic mass is 16.9. The van der Waals surface area contributed by atoms with Crippen molar-refractivity contribution in [1.82, 2.24) is 0 Å². The normalized spacial score (nSPS) is 52.9. The lowest BCUT2D eigenvalue weighted by Gasteiger charge is -2.54. The van der Waals surface area contributed by atoms with Gasteiger partial charge in [0.1, 0.15) is 0 Å². The molecular weight excluding hydrogens is 206 g/mol. The van der Waals surface area contributed by atoms with E-state index in [-0.39, 0.29) is 5.41 Å². The fraction of sp³-hybridized carbons (Fsp3) is 1.00. The van der Waals surface area contributed by atoms with Crippen LogP contribution in [0.4, 0.5) is 0 Å². The lowest BCUT2D eigenvalue weighted by Crippen LogP contribution is -2.62. The van der Waals surface area contributed by atoms with Gasteiger partial charge in [0.2, 0.25) is 0 Å². The van der Waals surface area contributed by atoms with Crippen LogP contribution in [0.15, 0.2) is 0 Å². The third-order valence-electron chi connectivity index (χ3n) is 4.14. The van der Waals surface area contributed by atoms with Crippen LogP contribution in [-0.4, -0.2) is 31.8 Å². The van der Waals surface area contributed by atoms with Gasteiger partial charge in [0.25, 0.3) is 5.97 Å². The summed E-state index contributed by atoms with van der Waals surface area (Å²) in [7, 11) is 0. The first kappa shape index (κ1) is 11.0. The summed E-state index contributed by atoms with van der Waals surface area (Å²) in [5.41, 5.74) is 5.98. The smallest absolute Gasteiger partial charge is 0.285 e. The van der Waals surface area contributed by atoms with Crippen molar-refractivity contribution in [3.05, 3.63) is 0 Å². The topological polar surface area (TPSA) is 53.7 Å². The second kappa shape index (κ2) is 3.67. The molecule has 4 nitrogen and oxygen atoms in total. The number of rotatable bonds is 1. The largest absolute Gasteiger partial charge is 0.328 e. The van der Waals surface area contributed by atoms with Crippen LogP contribution in [0, 0.1) is 11.3 Å². The van der Waals surface area contributed by atoms with Crippen molar-refractivity contribution in [2.75, 3.05) is 19.8 Å². The van der Waals surface area contributed by atoms with Gasteiger partial charge in [-0.1, -0.05) is 6.92 Å². The zero-order chi connectivity index (χ0) is 11.2. The SMILES string of the molecule is CC12COC(C3CCC(N)CC3)(OC1)OC2. The van der Waals surface area contributed by atoms with Crippen molar-refractivity contribution in [3.63, 3.8) is 0 Å². The van der Waals surface area contributed by atoms with Crippen LogP contribution in [0.1, 0.15) is 32.6 Å². The van der Waals surface area contributed by atoms with Crippen LogP contribution >= 0.6 is 0 Å². The Bertz CT molecular complexity index is 249. The molecule has 0 amide bonds. The maximum absolute atomic E-state index is 5.92. The molecular formula is C12H21NO3. The van der Waals surface area contributed by atoms with Gasteiger partial charge in [0.05, 0.1) is 19.8 Å². The standard InChI is InChI=1S/C12H21NO3/c1-11-6-14-12(15-7-11,16-8-11)9-2-4-10(13)5-3-9/h9-10H,2-8,13H2,1H3. The van der Waals surface area contributed by atoms with Crippen molar-refractivity contribution in [2.45, 2.75) is 44.6 Å². The van der Waals surface area contributed by atoms with Crippen LogP contribution in [0.2, 0.25) is 0 Å². The number of hydrogen-bond acceptors (Lipinski definition) is 4. The first-order valence-electron chi connectivity index (χ1n) is 6.29. The van der Waals surface area contributed by atoms with Crippen LogP contribution in [-0.2, 0) is 14.2 Å². The van der Waals surface area contributed by atoms with E-state index in [2.05, 4.69) is 6.92 Å². The Labute approximate surface area is 96.4 Å². The molecule has 0 aromatic carbocycles. The number of ether oxygens (including phenoxy) is 3. The first-order valence-corrected chi connectivity index (χ1v) is 6.29. The number of hydrogen-bond donors (Lipinski definition) is 1. The second-order valence-electron chi connectivity index (χ2n) is 5.89. The lowest BCUT2D eigenvalue weighted by atomic mass is 9.82. The molecule has 0 unspecified atom stereocenters. The van der Waals surface area contributed by atoms with Crippen molar-refractivity contribution < 1.29 is 14.2 Å². The minimum atomic E-state index is -0.738. The van der Waals surface area contributed by atoms with E-state index < -0.39 is 5.97 Å². The van der Waals surface area contributed by atoms with Gasteiger partial charge in [-0.05, 0) is 25.7 Å². The molecule has 92 valence electrons. The molecule has 1 saturated carbocycles. The summed E-state index contributed by atoms with van der Waals surface area (Å²) in [5.74, 6) is -0.380. The molecule has 4 rings (SSSR count). The van der Waals surface area contributed by atoms with Gasteiger partial charge in [0, 0.05) is 17.4 Å². The maximum Gasteiger partial charge on any atom is 0.285 e. The fourth-order valence-electron chi connectivity index (χ4n) is 2.90. The summed E-state index contributed by atoms with van der Waals surface area (Å²) in [6, 6.07) is 0.352. The Kier molecular flexibility index (Phi) is 2.51. The van der Waals surface area contributed by atoms with E-state index in [0.29, 0.717) is 12.0 Å². The molecule has 2 bridgehead atoms. The van der Waals surface area contributed by atoms with Crippen LogP contribution in [0.25, 0.3) is 0 Å². The summed E-state index contributed by atoms with van der Waals surface area (Å²) in [5, 5.41) is 0. The molecule has 3 aliphatic heterocycles. The molecule has 4 fully saturated rings. The Balaban J connectivity index is 1.70. The molecule has 0 atom stereocenters. The van der Waals surface area contributed by atoms with Gasteiger partial charge in [-0.15, -0.1) is 0 Å². The Hall–Kier alpha value is -0.160. The van der Waals surface area contributed by atoms with Crippen LogP contribution < -0.4 is 5.73 Å². The summed E-state index contributed by atoms with van der Waals surface area (Å²) >= 11 is 0. The summed E-state index contributed by atoms with van der Waals surface area (Å²) < 4.78 is 17.6. The van der Waals surface area contributed by atoms with E-state index >= 15 is 0 Å². The lowest BCUT2D eigenvalue weighted by molar-refractivity contribution is -0.485. The molecule has 4 aliphatic rings. The van der Waals surface area contributed by atoms with Crippen molar-refractivity contribution in [2.24, 2.45) is 17.1 Å². The first-order chi connectivity index (χ1) is 7.62. The summed E-state index contributed by atoms with van der Waals surface area (Å²) in [6.07, 6.45) is 4.22. The highest BCUT2D eigenvalue weighted by molar-refractivity contribution is 4.90. The van der Waals surface area contributed by atoms with Crippen LogP contribution in [0.3, 0.4) is 0 Å². The molecule has 2 N–H and O–H groups in total. The summed E-state index contributed by atoms with van der Waals surface area (Å²) in [4.78, 5) is 0. The van der Waals surface area contributed by atoms with E-state index in [0.717, 1.165) is 45.5 Å². The molecule has 0 spiro atoms. The van der Waals surface area contributed by atoms with Crippen LogP contribution in [0.5, 0.6) is 0 Å². The third-order valence-corrected chi connectivity index (χ3v) is 4.14. The Morgan fingerprint density at radius 2 is 1.44 bits per heavy atom. The maximum atomic E-state index is 5.92. The number of fused-ring (bicyclic) bond motifs is 3. The Morgan fingerprint density at radius 1 is 0.938 bits per heavy atom. The third kappa shape index (κ3) is 1.68. The number of nitrogens with two attached hydrogens (primary N) is 1. The van der Waals surface area contributed by atoms with E-state index in [4.69, 9.17) is 19.9 Å². The minimum absolute atomic E-state index is 0.0623. The van der Waals surface area contributed by atoms with Gasteiger partial charge in [-0.3, -0.25) is 0 Å². The molecule has 0 radical (unpaired) electrons. The molecule has 1 aliphatic carbocycles. The summed E-state index contributed by atoms with van der Waals surface area (Å²) in [6.45, 7) is 4.42. The zero-order valence-corrected chi connectivity index (χ0v) is 9.91. The molecule has 3 heterocycles. The van der Waals surface area contributed by atoms with Crippen molar-refractivity contribution >= 4 is 0 Å². The van der Waals surface area contributed by atoms with Gasteiger partial charge in [-0.2, -0.15) is 0 Å². The average Bonchev–Trinajstić information content (AvgIpc) is 2.31. The zero-order valence-electron chi connectivity index (χ0n) is 9.91. The monoisotopic (exact) mass is 227 g/mol. The molecule has 0 aromatic heterocycles. The Morgan fingerprint density at radius 3 is 1.94 bits per heavy atom. The van der Waals surface area contributed by atoms with E-state index in [9.17, 15) is 0 Å². The van der Waals surface area contributed by atoms with E-state index in [1.807, 2.05) is 0 Å². The van der Waals surface area contributed by atoms with Crippen molar-refractivity contribution in [3.8, 4) is 0 Å².